The highest BCUT2D eigenvalue weighted by Crippen LogP contribution is 2.14. The Bertz CT molecular complexity index is 704. The SMILES string of the molecule is O=CN1CCN(C(=O)c2coc(NC(=O)c3cccs3)n2)CC1. The van der Waals surface area contributed by atoms with Crippen LogP contribution in [0.3, 0.4) is 0 Å². The highest BCUT2D eigenvalue weighted by molar-refractivity contribution is 7.12. The van der Waals surface area contributed by atoms with Gasteiger partial charge in [0.05, 0.1) is 4.88 Å². The van der Waals surface area contributed by atoms with E-state index in [-0.39, 0.29) is 23.5 Å². The molecule has 1 aliphatic rings. The predicted molar refractivity (Wildman–Crippen MR) is 82.3 cm³/mol. The van der Waals surface area contributed by atoms with Gasteiger partial charge in [-0.05, 0) is 11.4 Å². The zero-order valence-electron chi connectivity index (χ0n) is 12.1. The molecule has 0 bridgehead atoms. The minimum Gasteiger partial charge on any atom is -0.431 e. The molecule has 0 saturated carbocycles. The number of nitrogens with one attached hydrogen (secondary N) is 1. The molecule has 2 aromatic rings. The number of nitrogens with zero attached hydrogens (tertiary/aromatic N) is 3. The van der Waals surface area contributed by atoms with Crippen LogP contribution in [0.1, 0.15) is 20.2 Å². The fourth-order valence-electron chi connectivity index (χ4n) is 2.19. The van der Waals surface area contributed by atoms with Gasteiger partial charge in [-0.3, -0.25) is 19.7 Å². The molecule has 0 unspecified atom stereocenters. The van der Waals surface area contributed by atoms with Crippen LogP contribution in [0.15, 0.2) is 28.2 Å². The van der Waals surface area contributed by atoms with Gasteiger partial charge in [-0.15, -0.1) is 11.3 Å². The number of oxazole rings is 1. The summed E-state index contributed by atoms with van der Waals surface area (Å²) in [5.41, 5.74) is 0.131. The van der Waals surface area contributed by atoms with Crippen LogP contribution in [0.5, 0.6) is 0 Å². The molecule has 3 heterocycles. The van der Waals surface area contributed by atoms with Gasteiger partial charge >= 0.3 is 6.01 Å². The summed E-state index contributed by atoms with van der Waals surface area (Å²) in [4.78, 5) is 42.6. The van der Waals surface area contributed by atoms with Crippen LogP contribution in [0.2, 0.25) is 0 Å². The summed E-state index contributed by atoms with van der Waals surface area (Å²) in [6, 6.07) is 3.43. The van der Waals surface area contributed by atoms with Crippen molar-refractivity contribution in [2.24, 2.45) is 0 Å². The van der Waals surface area contributed by atoms with Gasteiger partial charge in [0, 0.05) is 26.2 Å². The van der Waals surface area contributed by atoms with Gasteiger partial charge in [-0.1, -0.05) is 6.07 Å². The Kier molecular flexibility index (Phi) is 4.38. The number of thiophene rings is 1. The van der Waals surface area contributed by atoms with Crippen LogP contribution in [0.25, 0.3) is 0 Å². The fourth-order valence-corrected chi connectivity index (χ4v) is 2.81. The maximum atomic E-state index is 12.3. The summed E-state index contributed by atoms with van der Waals surface area (Å²) in [5.74, 6) is -0.614. The second-order valence-electron chi connectivity index (χ2n) is 4.90. The van der Waals surface area contributed by atoms with Crippen molar-refractivity contribution in [1.29, 1.82) is 0 Å². The number of carbonyl (C=O) groups excluding carboxylic acids is 3. The third-order valence-electron chi connectivity index (χ3n) is 3.44. The van der Waals surface area contributed by atoms with Gasteiger partial charge in [0.2, 0.25) is 6.41 Å². The molecule has 8 nitrogen and oxygen atoms in total. The zero-order chi connectivity index (χ0) is 16.2. The molecule has 3 rings (SSSR count). The van der Waals surface area contributed by atoms with Crippen LogP contribution < -0.4 is 5.32 Å². The predicted octanol–water partition coefficient (Wildman–Crippen LogP) is 0.903. The Balaban J connectivity index is 1.61. The van der Waals surface area contributed by atoms with E-state index in [9.17, 15) is 14.4 Å². The summed E-state index contributed by atoms with van der Waals surface area (Å²) in [6.45, 7) is 1.88. The first-order valence-corrected chi connectivity index (χ1v) is 7.84. The Labute approximate surface area is 135 Å². The van der Waals surface area contributed by atoms with Crippen molar-refractivity contribution >= 4 is 35.6 Å². The molecule has 1 N–H and O–H groups in total. The monoisotopic (exact) mass is 334 g/mol. The van der Waals surface area contributed by atoms with Crippen molar-refractivity contribution in [2.45, 2.75) is 0 Å². The molecule has 1 aliphatic heterocycles. The van der Waals surface area contributed by atoms with E-state index in [1.54, 1.807) is 27.3 Å². The molecule has 2 aromatic heterocycles. The van der Waals surface area contributed by atoms with E-state index in [1.165, 1.54) is 17.6 Å². The molecule has 1 fully saturated rings. The average molecular weight is 334 g/mol. The van der Waals surface area contributed by atoms with Crippen molar-refractivity contribution in [3.05, 3.63) is 34.3 Å². The highest BCUT2D eigenvalue weighted by Gasteiger charge is 2.24. The van der Waals surface area contributed by atoms with Gasteiger partial charge in [0.15, 0.2) is 5.69 Å². The first-order chi connectivity index (χ1) is 11.2. The molecule has 23 heavy (non-hydrogen) atoms. The van der Waals surface area contributed by atoms with Gasteiger partial charge in [-0.25, -0.2) is 0 Å². The molecule has 0 radical (unpaired) electrons. The lowest BCUT2D eigenvalue weighted by atomic mass is 10.3. The summed E-state index contributed by atoms with van der Waals surface area (Å²) < 4.78 is 5.14. The van der Waals surface area contributed by atoms with E-state index in [1.807, 2.05) is 0 Å². The van der Waals surface area contributed by atoms with Crippen molar-refractivity contribution < 1.29 is 18.8 Å². The normalized spacial score (nSPS) is 14.6. The van der Waals surface area contributed by atoms with E-state index in [2.05, 4.69) is 10.3 Å². The maximum absolute atomic E-state index is 12.3. The minimum absolute atomic E-state index is 0.0155. The second-order valence-corrected chi connectivity index (χ2v) is 5.85. The molecular formula is C14H14N4O4S. The van der Waals surface area contributed by atoms with E-state index in [4.69, 9.17) is 4.42 Å². The number of aromatic nitrogens is 1. The van der Waals surface area contributed by atoms with Crippen LogP contribution in [0.4, 0.5) is 6.01 Å². The number of amides is 3. The van der Waals surface area contributed by atoms with Crippen molar-refractivity contribution in [3.63, 3.8) is 0 Å². The topological polar surface area (TPSA) is 95.8 Å². The molecule has 0 atom stereocenters. The smallest absolute Gasteiger partial charge is 0.302 e. The number of piperazine rings is 1. The number of hydrogen-bond donors (Lipinski definition) is 1. The largest absolute Gasteiger partial charge is 0.431 e. The van der Waals surface area contributed by atoms with Crippen molar-refractivity contribution in [1.82, 2.24) is 14.8 Å². The standard InChI is InChI=1S/C14H14N4O4S/c19-9-17-3-5-18(6-4-17)13(21)10-8-22-14(15-10)16-12(20)11-2-1-7-23-11/h1-2,7-9H,3-6H2,(H,15,16,20). The first kappa shape index (κ1) is 15.2. The van der Waals surface area contributed by atoms with E-state index in [0.29, 0.717) is 31.1 Å². The molecular weight excluding hydrogens is 320 g/mol. The van der Waals surface area contributed by atoms with E-state index in [0.717, 1.165) is 6.41 Å². The highest BCUT2D eigenvalue weighted by atomic mass is 32.1. The van der Waals surface area contributed by atoms with Crippen LogP contribution >= 0.6 is 11.3 Å². The van der Waals surface area contributed by atoms with E-state index < -0.39 is 0 Å². The summed E-state index contributed by atoms with van der Waals surface area (Å²) in [6.07, 6.45) is 1.99. The molecule has 1 saturated heterocycles. The van der Waals surface area contributed by atoms with Crippen molar-refractivity contribution in [3.8, 4) is 0 Å². The first-order valence-electron chi connectivity index (χ1n) is 6.96. The van der Waals surface area contributed by atoms with Crippen LogP contribution in [0, 0.1) is 0 Å². The lowest BCUT2D eigenvalue weighted by Crippen LogP contribution is -2.48. The zero-order valence-corrected chi connectivity index (χ0v) is 12.9. The lowest BCUT2D eigenvalue weighted by Gasteiger charge is -2.31. The Morgan fingerprint density at radius 3 is 2.74 bits per heavy atom. The quantitative estimate of drug-likeness (QED) is 0.838. The van der Waals surface area contributed by atoms with Gasteiger partial charge in [0.1, 0.15) is 6.26 Å². The number of rotatable bonds is 4. The molecule has 0 aliphatic carbocycles. The van der Waals surface area contributed by atoms with Gasteiger partial charge in [0.25, 0.3) is 11.8 Å². The van der Waals surface area contributed by atoms with Crippen LogP contribution in [-0.2, 0) is 4.79 Å². The third kappa shape index (κ3) is 3.39. The number of carbonyl (C=O) groups is 3. The minimum atomic E-state index is -0.333. The molecule has 9 heteroatoms. The van der Waals surface area contributed by atoms with Crippen molar-refractivity contribution in [2.75, 3.05) is 31.5 Å². The van der Waals surface area contributed by atoms with Crippen LogP contribution in [-0.4, -0.2) is 59.2 Å². The molecule has 120 valence electrons. The average Bonchev–Trinajstić information content (AvgIpc) is 3.26. The number of hydrogen-bond acceptors (Lipinski definition) is 6. The summed E-state index contributed by atoms with van der Waals surface area (Å²) >= 11 is 1.30. The fraction of sp³-hybridized carbons (Fsp3) is 0.286. The third-order valence-corrected chi connectivity index (χ3v) is 4.31. The maximum Gasteiger partial charge on any atom is 0.302 e. The second kappa shape index (κ2) is 6.61. The molecule has 0 aromatic carbocycles. The van der Waals surface area contributed by atoms with Gasteiger partial charge in [-0.2, -0.15) is 4.98 Å². The Morgan fingerprint density at radius 1 is 1.30 bits per heavy atom. The van der Waals surface area contributed by atoms with Gasteiger partial charge < -0.3 is 14.2 Å². The Hall–Kier alpha value is -2.68. The molecule has 0 spiro atoms. The van der Waals surface area contributed by atoms with E-state index >= 15 is 0 Å². The summed E-state index contributed by atoms with van der Waals surface area (Å²) in [5, 5.41) is 4.30. The molecule has 3 amide bonds. The summed E-state index contributed by atoms with van der Waals surface area (Å²) in [7, 11) is 0. The Morgan fingerprint density at radius 2 is 2.09 bits per heavy atom. The number of anilines is 1. The lowest BCUT2D eigenvalue weighted by molar-refractivity contribution is -0.119.